The third kappa shape index (κ3) is 3.16. The smallest absolute Gasteiger partial charge is 0.211 e. The third-order valence-electron chi connectivity index (χ3n) is 2.89. The summed E-state index contributed by atoms with van der Waals surface area (Å²) < 4.78 is 22.1. The highest BCUT2D eigenvalue weighted by atomic mass is 79.9. The summed E-state index contributed by atoms with van der Waals surface area (Å²) in [5.41, 5.74) is 1.39. The number of ether oxygens (including phenoxy) is 1. The van der Waals surface area contributed by atoms with E-state index in [9.17, 15) is 4.39 Å². The maximum atomic E-state index is 13.1. The summed E-state index contributed by atoms with van der Waals surface area (Å²) in [6.45, 7) is 0. The van der Waals surface area contributed by atoms with Crippen molar-refractivity contribution in [1.29, 1.82) is 0 Å². The average molecular weight is 403 g/mol. The molecule has 2 N–H and O–H groups in total. The molecule has 22 heavy (non-hydrogen) atoms. The number of rotatable bonds is 2. The molecule has 2 aromatic rings. The van der Waals surface area contributed by atoms with E-state index in [0.29, 0.717) is 32.6 Å². The zero-order valence-electron chi connectivity index (χ0n) is 11.3. The Morgan fingerprint density at radius 2 is 2.18 bits per heavy atom. The lowest BCUT2D eigenvalue weighted by molar-refractivity contribution is 0.415. The second-order valence-electron chi connectivity index (χ2n) is 4.37. The summed E-state index contributed by atoms with van der Waals surface area (Å²) in [5.74, 6) is 0.798. The first-order valence-corrected chi connectivity index (χ1v) is 8.16. The van der Waals surface area contributed by atoms with Crippen LogP contribution in [0.2, 0.25) is 5.02 Å². The number of nitrogens with one attached hydrogen (secondary N) is 2. The first-order chi connectivity index (χ1) is 10.6. The van der Waals surface area contributed by atoms with Gasteiger partial charge in [0.15, 0.2) is 0 Å². The second-order valence-corrected chi connectivity index (χ2v) is 6.51. The number of fused-ring (bicyclic) bond motifs is 1. The van der Waals surface area contributed by atoms with E-state index in [1.165, 1.54) is 24.1 Å². The fourth-order valence-corrected chi connectivity index (χ4v) is 3.36. The fraction of sp³-hybridized carbons (Fsp3) is 0.0714. The minimum atomic E-state index is -0.313. The van der Waals surface area contributed by atoms with E-state index in [1.54, 1.807) is 19.2 Å². The molecule has 0 amide bonds. The van der Waals surface area contributed by atoms with Gasteiger partial charge in [0.2, 0.25) is 5.96 Å². The Morgan fingerprint density at radius 1 is 1.36 bits per heavy atom. The molecule has 2 aromatic carbocycles. The molecule has 114 valence electrons. The van der Waals surface area contributed by atoms with E-state index in [-0.39, 0.29) is 5.82 Å². The van der Waals surface area contributed by atoms with Crippen molar-refractivity contribution in [3.8, 4) is 5.75 Å². The number of hydrogen-bond acceptors (Lipinski definition) is 5. The maximum Gasteiger partial charge on any atom is 0.211 e. The van der Waals surface area contributed by atoms with Crippen molar-refractivity contribution >= 4 is 56.8 Å². The summed E-state index contributed by atoms with van der Waals surface area (Å²) in [5, 5.41) is 3.68. The average Bonchev–Trinajstić information content (AvgIpc) is 2.49. The maximum absolute atomic E-state index is 13.1. The topological polar surface area (TPSA) is 45.6 Å². The van der Waals surface area contributed by atoms with Crippen LogP contribution >= 0.6 is 39.5 Å². The lowest BCUT2D eigenvalue weighted by atomic mass is 10.3. The molecule has 0 spiro atoms. The molecule has 0 bridgehead atoms. The van der Waals surface area contributed by atoms with Gasteiger partial charge < -0.3 is 10.1 Å². The van der Waals surface area contributed by atoms with Gasteiger partial charge >= 0.3 is 0 Å². The first kappa shape index (κ1) is 15.5. The van der Waals surface area contributed by atoms with E-state index in [2.05, 4.69) is 31.0 Å². The SMILES string of the molecule is COc1cc(Cl)cc2c1N=C(Nc1ccc(F)cc1Br)NS2. The van der Waals surface area contributed by atoms with Crippen LogP contribution < -0.4 is 14.8 Å². The minimum Gasteiger partial charge on any atom is -0.494 e. The van der Waals surface area contributed by atoms with Crippen LogP contribution in [0.15, 0.2) is 44.7 Å². The molecule has 0 saturated heterocycles. The molecule has 1 aliphatic rings. The highest BCUT2D eigenvalue weighted by Gasteiger charge is 2.18. The molecule has 0 aromatic heterocycles. The van der Waals surface area contributed by atoms with E-state index in [1.807, 2.05) is 6.07 Å². The van der Waals surface area contributed by atoms with Crippen LogP contribution in [0, 0.1) is 5.82 Å². The van der Waals surface area contributed by atoms with Crippen molar-refractivity contribution in [2.45, 2.75) is 4.90 Å². The highest BCUT2D eigenvalue weighted by Crippen LogP contribution is 2.41. The molecule has 8 heteroatoms. The van der Waals surface area contributed by atoms with Crippen LogP contribution in [-0.2, 0) is 0 Å². The van der Waals surface area contributed by atoms with Crippen LogP contribution in [0.5, 0.6) is 5.75 Å². The second kappa shape index (κ2) is 6.36. The number of anilines is 1. The van der Waals surface area contributed by atoms with Crippen LogP contribution in [0.1, 0.15) is 0 Å². The van der Waals surface area contributed by atoms with Gasteiger partial charge in [-0.25, -0.2) is 9.38 Å². The Balaban J connectivity index is 1.94. The fourth-order valence-electron chi connectivity index (χ4n) is 1.90. The molecule has 1 heterocycles. The molecule has 1 aliphatic heterocycles. The van der Waals surface area contributed by atoms with Crippen molar-refractivity contribution in [1.82, 2.24) is 4.72 Å². The lowest BCUT2D eigenvalue weighted by Gasteiger charge is -2.20. The predicted molar refractivity (Wildman–Crippen MR) is 91.8 cm³/mol. The summed E-state index contributed by atoms with van der Waals surface area (Å²) in [6, 6.07) is 7.90. The Labute approximate surface area is 144 Å². The summed E-state index contributed by atoms with van der Waals surface area (Å²) in [7, 11) is 1.57. The molecular formula is C14H10BrClFN3OS. The number of hydrogen-bond donors (Lipinski definition) is 2. The summed E-state index contributed by atoms with van der Waals surface area (Å²) in [4.78, 5) is 5.36. The predicted octanol–water partition coefficient (Wildman–Crippen LogP) is 4.96. The van der Waals surface area contributed by atoms with Crippen LogP contribution in [0.25, 0.3) is 0 Å². The van der Waals surface area contributed by atoms with Gasteiger partial charge in [0.05, 0.1) is 17.7 Å². The van der Waals surface area contributed by atoms with Crippen molar-refractivity contribution in [2.75, 3.05) is 12.4 Å². The van der Waals surface area contributed by atoms with Crippen LogP contribution in [-0.4, -0.2) is 13.1 Å². The zero-order valence-corrected chi connectivity index (χ0v) is 14.4. The number of halogens is 3. The number of benzene rings is 2. The van der Waals surface area contributed by atoms with Gasteiger partial charge in [-0.15, -0.1) is 0 Å². The normalized spacial score (nSPS) is 13.0. The third-order valence-corrected chi connectivity index (χ3v) is 4.59. The van der Waals surface area contributed by atoms with Crippen molar-refractivity contribution in [3.63, 3.8) is 0 Å². The van der Waals surface area contributed by atoms with Gasteiger partial charge in [-0.3, -0.25) is 4.72 Å². The Bertz CT molecular complexity index is 772. The van der Waals surface area contributed by atoms with E-state index >= 15 is 0 Å². The highest BCUT2D eigenvalue weighted by molar-refractivity contribution is 9.10. The number of aliphatic imine (C=N–C) groups is 1. The summed E-state index contributed by atoms with van der Waals surface area (Å²) >= 11 is 10.7. The Morgan fingerprint density at radius 3 is 2.91 bits per heavy atom. The van der Waals surface area contributed by atoms with Gasteiger partial charge in [0.25, 0.3) is 0 Å². The number of guanidine groups is 1. The first-order valence-electron chi connectivity index (χ1n) is 6.18. The molecule has 0 radical (unpaired) electrons. The molecule has 0 unspecified atom stereocenters. The van der Waals surface area contributed by atoms with E-state index in [0.717, 1.165) is 4.90 Å². The Hall–Kier alpha value is -1.44. The molecular weight excluding hydrogens is 393 g/mol. The lowest BCUT2D eigenvalue weighted by Crippen LogP contribution is -2.27. The molecule has 0 atom stereocenters. The number of nitrogens with zero attached hydrogens (tertiary/aromatic N) is 1. The van der Waals surface area contributed by atoms with Gasteiger partial charge in [-0.1, -0.05) is 11.6 Å². The summed E-state index contributed by atoms with van der Waals surface area (Å²) in [6.07, 6.45) is 0. The van der Waals surface area contributed by atoms with Gasteiger partial charge in [-0.05, 0) is 52.1 Å². The quantitative estimate of drug-likeness (QED) is 0.697. The van der Waals surface area contributed by atoms with E-state index in [4.69, 9.17) is 16.3 Å². The Kier molecular flexibility index (Phi) is 4.46. The van der Waals surface area contributed by atoms with Crippen LogP contribution in [0.3, 0.4) is 0 Å². The molecule has 4 nitrogen and oxygen atoms in total. The van der Waals surface area contributed by atoms with Crippen LogP contribution in [0.4, 0.5) is 15.8 Å². The van der Waals surface area contributed by atoms with Gasteiger partial charge in [0, 0.05) is 15.6 Å². The van der Waals surface area contributed by atoms with E-state index < -0.39 is 0 Å². The van der Waals surface area contributed by atoms with Gasteiger partial charge in [0.1, 0.15) is 17.3 Å². The monoisotopic (exact) mass is 401 g/mol. The largest absolute Gasteiger partial charge is 0.494 e. The molecule has 0 saturated carbocycles. The van der Waals surface area contributed by atoms with Crippen molar-refractivity contribution in [2.24, 2.45) is 4.99 Å². The molecule has 0 aliphatic carbocycles. The minimum absolute atomic E-state index is 0.313. The standard InChI is InChI=1S/C14H10BrClFN3OS/c1-21-11-4-7(16)5-12-13(11)19-14(20-22-12)18-10-3-2-8(17)6-9(10)15/h2-6H,1H3,(H2,18,19,20). The zero-order chi connectivity index (χ0) is 15.7. The van der Waals surface area contributed by atoms with Crippen molar-refractivity contribution in [3.05, 3.63) is 45.6 Å². The van der Waals surface area contributed by atoms with Gasteiger partial charge in [-0.2, -0.15) is 0 Å². The van der Waals surface area contributed by atoms with Crippen molar-refractivity contribution < 1.29 is 9.13 Å². The number of methoxy groups -OCH3 is 1. The molecule has 0 fully saturated rings. The molecule has 3 rings (SSSR count).